The van der Waals surface area contributed by atoms with Crippen LogP contribution in [-0.4, -0.2) is 27.5 Å². The summed E-state index contributed by atoms with van der Waals surface area (Å²) in [4.78, 5) is 12.6. The van der Waals surface area contributed by atoms with Gasteiger partial charge in [0.1, 0.15) is 5.75 Å². The summed E-state index contributed by atoms with van der Waals surface area (Å²) in [6.07, 6.45) is 2.65. The molecule has 0 heterocycles. The Bertz CT molecular complexity index is 1100. The van der Waals surface area contributed by atoms with Crippen molar-refractivity contribution in [3.63, 3.8) is 0 Å². The number of hydrogen-bond donors (Lipinski definition) is 2. The van der Waals surface area contributed by atoms with Gasteiger partial charge in [0.15, 0.2) is 0 Å². The highest BCUT2D eigenvalue weighted by atomic mass is 32.2. The van der Waals surface area contributed by atoms with Crippen LogP contribution in [0.4, 0.5) is 5.69 Å². The third-order valence-electron chi connectivity index (χ3n) is 4.85. The molecule has 168 valence electrons. The number of hydrogen-bond acceptors (Lipinski definition) is 4. The molecule has 3 aromatic rings. The predicted molar refractivity (Wildman–Crippen MR) is 127 cm³/mol. The number of carbonyl (C=O) groups excluding carboxylic acids is 1. The summed E-state index contributed by atoms with van der Waals surface area (Å²) >= 11 is 0. The van der Waals surface area contributed by atoms with Gasteiger partial charge in [-0.25, -0.2) is 13.1 Å². The molecule has 0 bridgehead atoms. The van der Waals surface area contributed by atoms with Crippen LogP contribution in [0.15, 0.2) is 83.8 Å². The van der Waals surface area contributed by atoms with Gasteiger partial charge in [-0.1, -0.05) is 43.7 Å². The second-order valence-electron chi connectivity index (χ2n) is 7.34. The van der Waals surface area contributed by atoms with Crippen molar-refractivity contribution in [1.29, 1.82) is 0 Å². The number of unbranched alkanes of at least 4 members (excludes halogenated alkanes) is 1. The summed E-state index contributed by atoms with van der Waals surface area (Å²) < 4.78 is 33.2. The monoisotopic (exact) mass is 452 g/mol. The van der Waals surface area contributed by atoms with Gasteiger partial charge >= 0.3 is 0 Å². The standard InChI is InChI=1S/C25H28N2O4S/c1-2-3-19-31-23-13-9-21(10-14-23)25(28)27-22-11-15-24(16-12-22)32(29,30)26-18-17-20-7-5-4-6-8-20/h4-16,26H,2-3,17-19H2,1H3,(H,27,28). The minimum absolute atomic E-state index is 0.150. The molecule has 7 heteroatoms. The molecule has 0 spiro atoms. The van der Waals surface area contributed by atoms with E-state index in [2.05, 4.69) is 17.0 Å². The Morgan fingerprint density at radius 3 is 2.25 bits per heavy atom. The van der Waals surface area contributed by atoms with Crippen LogP contribution in [0.3, 0.4) is 0 Å². The van der Waals surface area contributed by atoms with Gasteiger partial charge in [0, 0.05) is 17.8 Å². The van der Waals surface area contributed by atoms with E-state index in [0.717, 1.165) is 24.2 Å². The Labute approximate surface area is 189 Å². The largest absolute Gasteiger partial charge is 0.494 e. The summed E-state index contributed by atoms with van der Waals surface area (Å²) in [6.45, 7) is 3.06. The molecule has 0 aliphatic heterocycles. The van der Waals surface area contributed by atoms with Crippen LogP contribution >= 0.6 is 0 Å². The third-order valence-corrected chi connectivity index (χ3v) is 6.33. The zero-order valence-corrected chi connectivity index (χ0v) is 18.9. The van der Waals surface area contributed by atoms with E-state index in [4.69, 9.17) is 4.74 Å². The molecule has 1 amide bonds. The second-order valence-corrected chi connectivity index (χ2v) is 9.11. The quantitative estimate of drug-likeness (QED) is 0.415. The second kappa shape index (κ2) is 11.5. The lowest BCUT2D eigenvalue weighted by Crippen LogP contribution is -2.26. The van der Waals surface area contributed by atoms with Crippen LogP contribution in [0.5, 0.6) is 5.75 Å². The molecule has 0 atom stereocenters. The van der Waals surface area contributed by atoms with Crippen molar-refractivity contribution in [1.82, 2.24) is 4.72 Å². The fourth-order valence-corrected chi connectivity index (χ4v) is 4.05. The van der Waals surface area contributed by atoms with Crippen molar-refractivity contribution in [3.8, 4) is 5.75 Å². The molecular formula is C25H28N2O4S. The lowest BCUT2D eigenvalue weighted by Gasteiger charge is -2.09. The lowest BCUT2D eigenvalue weighted by atomic mass is 10.2. The fraction of sp³-hybridized carbons (Fsp3) is 0.240. The molecule has 0 aromatic heterocycles. The molecule has 0 fully saturated rings. The molecule has 0 aliphatic carbocycles. The summed E-state index contributed by atoms with van der Waals surface area (Å²) in [5.41, 5.74) is 2.07. The summed E-state index contributed by atoms with van der Waals surface area (Å²) in [6, 6.07) is 22.7. The first-order valence-electron chi connectivity index (χ1n) is 10.7. The van der Waals surface area contributed by atoms with E-state index >= 15 is 0 Å². The average molecular weight is 453 g/mol. The predicted octanol–water partition coefficient (Wildman–Crippen LogP) is 4.64. The summed E-state index contributed by atoms with van der Waals surface area (Å²) in [5.74, 6) is 0.450. The van der Waals surface area contributed by atoms with E-state index in [1.54, 1.807) is 36.4 Å². The van der Waals surface area contributed by atoms with Crippen molar-refractivity contribution in [3.05, 3.63) is 90.0 Å². The van der Waals surface area contributed by atoms with E-state index in [-0.39, 0.29) is 10.8 Å². The van der Waals surface area contributed by atoms with Gasteiger partial charge in [0.2, 0.25) is 10.0 Å². The first-order chi connectivity index (χ1) is 15.5. The van der Waals surface area contributed by atoms with Crippen molar-refractivity contribution in [2.24, 2.45) is 0 Å². The SMILES string of the molecule is CCCCOc1ccc(C(=O)Nc2ccc(S(=O)(=O)NCCc3ccccc3)cc2)cc1. The molecule has 2 N–H and O–H groups in total. The van der Waals surface area contributed by atoms with Crippen LogP contribution in [0.2, 0.25) is 0 Å². The smallest absolute Gasteiger partial charge is 0.255 e. The number of rotatable bonds is 11. The van der Waals surface area contributed by atoms with Gasteiger partial charge in [-0.15, -0.1) is 0 Å². The number of anilines is 1. The van der Waals surface area contributed by atoms with E-state index < -0.39 is 10.0 Å². The lowest BCUT2D eigenvalue weighted by molar-refractivity contribution is 0.102. The minimum Gasteiger partial charge on any atom is -0.494 e. The molecule has 0 saturated carbocycles. The van der Waals surface area contributed by atoms with E-state index in [0.29, 0.717) is 30.8 Å². The Balaban J connectivity index is 1.53. The van der Waals surface area contributed by atoms with Crippen LogP contribution in [-0.2, 0) is 16.4 Å². The maximum Gasteiger partial charge on any atom is 0.255 e. The maximum atomic E-state index is 12.5. The summed E-state index contributed by atoms with van der Waals surface area (Å²) in [5, 5.41) is 2.78. The van der Waals surface area contributed by atoms with Crippen molar-refractivity contribution in [2.75, 3.05) is 18.5 Å². The van der Waals surface area contributed by atoms with Crippen LogP contribution in [0, 0.1) is 0 Å². The van der Waals surface area contributed by atoms with Gasteiger partial charge in [-0.2, -0.15) is 0 Å². The third kappa shape index (κ3) is 6.93. The first-order valence-corrected chi connectivity index (χ1v) is 12.1. The average Bonchev–Trinajstić information content (AvgIpc) is 2.81. The molecular weight excluding hydrogens is 424 g/mol. The van der Waals surface area contributed by atoms with Gasteiger partial charge < -0.3 is 10.1 Å². The maximum absolute atomic E-state index is 12.5. The molecule has 32 heavy (non-hydrogen) atoms. The normalized spacial score (nSPS) is 11.2. The zero-order valence-electron chi connectivity index (χ0n) is 18.1. The number of ether oxygens (including phenoxy) is 1. The first kappa shape index (κ1) is 23.5. The van der Waals surface area contributed by atoms with Crippen molar-refractivity contribution >= 4 is 21.6 Å². The highest BCUT2D eigenvalue weighted by Crippen LogP contribution is 2.17. The Morgan fingerprint density at radius 1 is 0.906 bits per heavy atom. The minimum atomic E-state index is -3.62. The van der Waals surface area contributed by atoms with Crippen LogP contribution in [0.1, 0.15) is 35.7 Å². The Morgan fingerprint density at radius 2 is 1.59 bits per heavy atom. The molecule has 3 rings (SSSR count). The van der Waals surface area contributed by atoms with Crippen LogP contribution in [0.25, 0.3) is 0 Å². The Hall–Kier alpha value is -3.16. The van der Waals surface area contributed by atoms with Crippen molar-refractivity contribution in [2.45, 2.75) is 31.1 Å². The van der Waals surface area contributed by atoms with Gasteiger partial charge in [-0.3, -0.25) is 4.79 Å². The van der Waals surface area contributed by atoms with E-state index in [9.17, 15) is 13.2 Å². The van der Waals surface area contributed by atoms with Crippen LogP contribution < -0.4 is 14.8 Å². The number of nitrogens with one attached hydrogen (secondary N) is 2. The molecule has 0 radical (unpaired) electrons. The molecule has 0 aliphatic rings. The van der Waals surface area contributed by atoms with E-state index in [1.165, 1.54) is 12.1 Å². The number of amides is 1. The van der Waals surface area contributed by atoms with Gasteiger partial charge in [-0.05, 0) is 66.9 Å². The Kier molecular flexibility index (Phi) is 8.41. The number of benzene rings is 3. The highest BCUT2D eigenvalue weighted by molar-refractivity contribution is 7.89. The zero-order chi connectivity index (χ0) is 22.8. The summed E-state index contributed by atoms with van der Waals surface area (Å²) in [7, 11) is -3.62. The highest BCUT2D eigenvalue weighted by Gasteiger charge is 2.14. The van der Waals surface area contributed by atoms with Crippen molar-refractivity contribution < 1.29 is 17.9 Å². The molecule has 3 aromatic carbocycles. The topological polar surface area (TPSA) is 84.5 Å². The van der Waals surface area contributed by atoms with E-state index in [1.807, 2.05) is 30.3 Å². The number of carbonyl (C=O) groups is 1. The molecule has 0 saturated heterocycles. The van der Waals surface area contributed by atoms with Gasteiger partial charge in [0.25, 0.3) is 5.91 Å². The molecule has 0 unspecified atom stereocenters. The van der Waals surface area contributed by atoms with Gasteiger partial charge in [0.05, 0.1) is 11.5 Å². The molecule has 6 nitrogen and oxygen atoms in total. The fourth-order valence-electron chi connectivity index (χ4n) is 3.02. The number of sulfonamides is 1.